The summed E-state index contributed by atoms with van der Waals surface area (Å²) in [6, 6.07) is 9.28. The topological polar surface area (TPSA) is 47.6 Å². The molecule has 0 aliphatic carbocycles. The lowest BCUT2D eigenvalue weighted by Crippen LogP contribution is -2.15. The van der Waals surface area contributed by atoms with Crippen LogP contribution in [0.2, 0.25) is 4.34 Å². The van der Waals surface area contributed by atoms with Gasteiger partial charge in [-0.05, 0) is 38.1 Å². The summed E-state index contributed by atoms with van der Waals surface area (Å²) in [5.41, 5.74) is 0.632. The van der Waals surface area contributed by atoms with Crippen LogP contribution in [-0.4, -0.2) is 24.9 Å². The van der Waals surface area contributed by atoms with Gasteiger partial charge in [0.05, 0.1) is 29.0 Å². The number of halogens is 1. The fourth-order valence-electron chi connectivity index (χ4n) is 2.00. The van der Waals surface area contributed by atoms with Crippen LogP contribution >= 0.6 is 34.7 Å². The summed E-state index contributed by atoms with van der Waals surface area (Å²) < 4.78 is 11.8. The van der Waals surface area contributed by atoms with E-state index in [2.05, 4.69) is 5.32 Å². The molecule has 0 aliphatic heterocycles. The molecule has 0 saturated carbocycles. The van der Waals surface area contributed by atoms with Crippen molar-refractivity contribution in [1.29, 1.82) is 0 Å². The van der Waals surface area contributed by atoms with Crippen molar-refractivity contribution in [3.8, 4) is 11.5 Å². The molecule has 1 heterocycles. The van der Waals surface area contributed by atoms with Crippen molar-refractivity contribution in [2.75, 3.05) is 24.3 Å². The zero-order valence-electron chi connectivity index (χ0n) is 13.6. The highest BCUT2D eigenvalue weighted by atomic mass is 35.5. The fourth-order valence-corrected chi connectivity index (χ4v) is 4.03. The number of carbonyl (C=O) groups is 1. The highest BCUT2D eigenvalue weighted by molar-refractivity contribution is 7.99. The summed E-state index contributed by atoms with van der Waals surface area (Å²) >= 11 is 8.99. The van der Waals surface area contributed by atoms with Crippen LogP contribution in [0.15, 0.2) is 30.3 Å². The summed E-state index contributed by atoms with van der Waals surface area (Å²) in [7, 11) is 0. The van der Waals surface area contributed by atoms with Crippen molar-refractivity contribution >= 4 is 46.3 Å². The van der Waals surface area contributed by atoms with E-state index in [-0.39, 0.29) is 5.91 Å². The van der Waals surface area contributed by atoms with Gasteiger partial charge in [0.2, 0.25) is 5.91 Å². The zero-order valence-corrected chi connectivity index (χ0v) is 16.0. The summed E-state index contributed by atoms with van der Waals surface area (Å²) in [5.74, 6) is 2.40. The van der Waals surface area contributed by atoms with E-state index < -0.39 is 0 Å². The molecule has 2 aromatic rings. The third-order valence-corrected chi connectivity index (χ3v) is 5.34. The summed E-state index contributed by atoms with van der Waals surface area (Å²) in [6.45, 7) is 4.93. The van der Waals surface area contributed by atoms with Gasteiger partial charge in [-0.3, -0.25) is 4.79 Å². The van der Waals surface area contributed by atoms with E-state index in [4.69, 9.17) is 21.1 Å². The van der Waals surface area contributed by atoms with Gasteiger partial charge in [0.1, 0.15) is 11.5 Å². The molecule has 7 heteroatoms. The molecule has 0 unspecified atom stereocenters. The van der Waals surface area contributed by atoms with Crippen LogP contribution in [0.5, 0.6) is 11.5 Å². The quantitative estimate of drug-likeness (QED) is 0.654. The van der Waals surface area contributed by atoms with Gasteiger partial charge in [-0.1, -0.05) is 11.6 Å². The molecule has 2 rings (SSSR count). The van der Waals surface area contributed by atoms with Crippen LogP contribution in [-0.2, 0) is 10.5 Å². The summed E-state index contributed by atoms with van der Waals surface area (Å²) in [5, 5.41) is 2.90. The first-order chi connectivity index (χ1) is 11.6. The standard InChI is InChI=1S/C17H20ClNO3S2/c1-3-21-12-5-7-15(22-4-2)14(9-12)19-17(20)11-23-10-13-6-8-16(18)24-13/h5-9H,3-4,10-11H2,1-2H3,(H,19,20). The predicted molar refractivity (Wildman–Crippen MR) is 103 cm³/mol. The lowest BCUT2D eigenvalue weighted by Gasteiger charge is -2.13. The summed E-state index contributed by atoms with van der Waals surface area (Å²) in [4.78, 5) is 13.3. The van der Waals surface area contributed by atoms with Gasteiger partial charge in [-0.15, -0.1) is 23.1 Å². The number of ether oxygens (including phenoxy) is 2. The number of nitrogens with one attached hydrogen (secondary N) is 1. The Bertz CT molecular complexity index is 676. The number of rotatable bonds is 9. The van der Waals surface area contributed by atoms with E-state index in [1.54, 1.807) is 17.8 Å². The molecule has 1 amide bonds. The van der Waals surface area contributed by atoms with E-state index in [0.717, 1.165) is 15.0 Å². The smallest absolute Gasteiger partial charge is 0.234 e. The number of thioether (sulfide) groups is 1. The van der Waals surface area contributed by atoms with Crippen LogP contribution < -0.4 is 14.8 Å². The van der Waals surface area contributed by atoms with Crippen LogP contribution in [0, 0.1) is 0 Å². The number of amides is 1. The van der Waals surface area contributed by atoms with Crippen LogP contribution in [0.1, 0.15) is 18.7 Å². The van der Waals surface area contributed by atoms with E-state index in [1.807, 2.05) is 38.1 Å². The highest BCUT2D eigenvalue weighted by Crippen LogP contribution is 2.30. The molecule has 0 aliphatic rings. The molecule has 0 radical (unpaired) electrons. The Morgan fingerprint density at radius 3 is 2.67 bits per heavy atom. The Hall–Kier alpha value is -1.37. The molecule has 24 heavy (non-hydrogen) atoms. The maximum Gasteiger partial charge on any atom is 0.234 e. The third-order valence-electron chi connectivity index (χ3n) is 2.94. The van der Waals surface area contributed by atoms with Crippen molar-refractivity contribution < 1.29 is 14.3 Å². The molecular weight excluding hydrogens is 366 g/mol. The van der Waals surface area contributed by atoms with Gasteiger partial charge in [0, 0.05) is 16.7 Å². The maximum absolute atomic E-state index is 12.2. The molecule has 130 valence electrons. The van der Waals surface area contributed by atoms with Crippen LogP contribution in [0.4, 0.5) is 5.69 Å². The summed E-state index contributed by atoms with van der Waals surface area (Å²) in [6.07, 6.45) is 0. The largest absolute Gasteiger partial charge is 0.494 e. The zero-order chi connectivity index (χ0) is 17.4. The van der Waals surface area contributed by atoms with Crippen LogP contribution in [0.25, 0.3) is 0 Å². The first-order valence-corrected chi connectivity index (χ1v) is 9.98. The van der Waals surface area contributed by atoms with E-state index in [0.29, 0.717) is 36.2 Å². The second-order valence-corrected chi connectivity index (χ2v) is 7.56. The molecule has 1 N–H and O–H groups in total. The number of benzene rings is 1. The molecule has 0 saturated heterocycles. The molecule has 4 nitrogen and oxygen atoms in total. The SMILES string of the molecule is CCOc1ccc(OCC)c(NC(=O)CSCc2ccc(Cl)s2)c1. The minimum atomic E-state index is -0.0720. The number of hydrogen-bond donors (Lipinski definition) is 1. The molecular formula is C17H20ClNO3S2. The Morgan fingerprint density at radius 2 is 2.00 bits per heavy atom. The maximum atomic E-state index is 12.2. The van der Waals surface area contributed by atoms with Crippen LogP contribution in [0.3, 0.4) is 0 Å². The van der Waals surface area contributed by atoms with Crippen molar-refractivity contribution in [3.63, 3.8) is 0 Å². The Labute approximate surface area is 155 Å². The molecule has 0 atom stereocenters. The molecule has 1 aromatic carbocycles. The monoisotopic (exact) mass is 385 g/mol. The predicted octanol–water partition coefficient (Wildman–Crippen LogP) is 5.07. The first kappa shape index (κ1) is 19.0. The fraction of sp³-hybridized carbons (Fsp3) is 0.353. The average Bonchev–Trinajstić information content (AvgIpc) is 2.96. The normalized spacial score (nSPS) is 10.5. The second-order valence-electron chi connectivity index (χ2n) is 4.77. The van der Waals surface area contributed by atoms with Crippen molar-refractivity contribution in [1.82, 2.24) is 0 Å². The molecule has 0 spiro atoms. The second kappa shape index (κ2) is 9.81. The lowest BCUT2D eigenvalue weighted by atomic mass is 10.2. The average molecular weight is 386 g/mol. The van der Waals surface area contributed by atoms with Crippen molar-refractivity contribution in [2.24, 2.45) is 0 Å². The van der Waals surface area contributed by atoms with E-state index >= 15 is 0 Å². The van der Waals surface area contributed by atoms with Gasteiger partial charge in [0.25, 0.3) is 0 Å². The van der Waals surface area contributed by atoms with Gasteiger partial charge in [0.15, 0.2) is 0 Å². The van der Waals surface area contributed by atoms with E-state index in [1.165, 1.54) is 11.3 Å². The van der Waals surface area contributed by atoms with Crippen molar-refractivity contribution in [2.45, 2.75) is 19.6 Å². The number of thiophene rings is 1. The Morgan fingerprint density at radius 1 is 1.21 bits per heavy atom. The number of hydrogen-bond acceptors (Lipinski definition) is 5. The van der Waals surface area contributed by atoms with Gasteiger partial charge >= 0.3 is 0 Å². The van der Waals surface area contributed by atoms with Gasteiger partial charge < -0.3 is 14.8 Å². The minimum Gasteiger partial charge on any atom is -0.494 e. The molecule has 0 fully saturated rings. The molecule has 1 aromatic heterocycles. The minimum absolute atomic E-state index is 0.0720. The highest BCUT2D eigenvalue weighted by Gasteiger charge is 2.10. The van der Waals surface area contributed by atoms with Gasteiger partial charge in [-0.2, -0.15) is 0 Å². The number of carbonyl (C=O) groups excluding carboxylic acids is 1. The number of anilines is 1. The Balaban J connectivity index is 1.92. The molecule has 0 bridgehead atoms. The van der Waals surface area contributed by atoms with E-state index in [9.17, 15) is 4.79 Å². The van der Waals surface area contributed by atoms with Gasteiger partial charge in [-0.25, -0.2) is 0 Å². The lowest BCUT2D eigenvalue weighted by molar-refractivity contribution is -0.113. The Kier molecular flexibility index (Phi) is 7.75. The first-order valence-electron chi connectivity index (χ1n) is 7.63. The third kappa shape index (κ3) is 5.92. The van der Waals surface area contributed by atoms with Crippen molar-refractivity contribution in [3.05, 3.63) is 39.5 Å².